The van der Waals surface area contributed by atoms with E-state index in [0.717, 1.165) is 22.8 Å². The maximum atomic E-state index is 6.13. The summed E-state index contributed by atoms with van der Waals surface area (Å²) in [5, 5.41) is 4.03. The van der Waals surface area contributed by atoms with Gasteiger partial charge in [-0.25, -0.2) is 0 Å². The minimum Gasteiger partial charge on any atom is -0.468 e. The molecule has 2 aromatic rings. The van der Waals surface area contributed by atoms with Crippen molar-refractivity contribution in [3.05, 3.63) is 59.0 Å². The molecular formula is C13H14ClNO. The van der Waals surface area contributed by atoms with Crippen molar-refractivity contribution < 1.29 is 4.42 Å². The lowest BCUT2D eigenvalue weighted by atomic mass is 10.0. The van der Waals surface area contributed by atoms with Gasteiger partial charge in [0.25, 0.3) is 0 Å². The number of likely N-dealkylation sites (N-methyl/N-ethyl adjacent to an activating group) is 1. The Morgan fingerprint density at radius 1 is 1.25 bits per heavy atom. The van der Waals surface area contributed by atoms with Crippen molar-refractivity contribution in [1.29, 1.82) is 0 Å². The molecule has 1 heterocycles. The van der Waals surface area contributed by atoms with Crippen molar-refractivity contribution in [2.75, 3.05) is 7.05 Å². The van der Waals surface area contributed by atoms with Crippen LogP contribution in [0.3, 0.4) is 0 Å². The number of nitrogens with one attached hydrogen (secondary N) is 1. The maximum absolute atomic E-state index is 6.13. The molecule has 3 heteroatoms. The molecule has 0 aliphatic carbocycles. The van der Waals surface area contributed by atoms with Crippen LogP contribution in [-0.4, -0.2) is 7.05 Å². The molecular weight excluding hydrogens is 222 g/mol. The van der Waals surface area contributed by atoms with E-state index in [0.29, 0.717) is 0 Å². The molecule has 0 spiro atoms. The highest BCUT2D eigenvalue weighted by Gasteiger charge is 2.13. The molecule has 0 fully saturated rings. The summed E-state index contributed by atoms with van der Waals surface area (Å²) in [5.74, 6) is 0.933. The molecule has 0 saturated carbocycles. The Kier molecular flexibility index (Phi) is 3.65. The third-order valence-corrected chi connectivity index (χ3v) is 2.99. The zero-order valence-corrected chi connectivity index (χ0v) is 9.87. The second-order valence-corrected chi connectivity index (χ2v) is 4.06. The predicted octanol–water partition coefficient (Wildman–Crippen LogP) is 3.44. The highest BCUT2D eigenvalue weighted by molar-refractivity contribution is 6.31. The normalized spacial score (nSPS) is 12.6. The average molecular weight is 236 g/mol. The number of benzene rings is 1. The molecule has 0 aliphatic heterocycles. The van der Waals surface area contributed by atoms with E-state index in [1.54, 1.807) is 6.26 Å². The van der Waals surface area contributed by atoms with E-state index in [9.17, 15) is 0 Å². The SMILES string of the molecule is CN[C@@H](Cc1ccccc1Cl)c1ccco1. The Bertz CT molecular complexity index is 439. The molecule has 1 atom stereocenters. The van der Waals surface area contributed by atoms with Crippen molar-refractivity contribution >= 4 is 11.6 Å². The fourth-order valence-electron chi connectivity index (χ4n) is 1.72. The fraction of sp³-hybridized carbons (Fsp3) is 0.231. The largest absolute Gasteiger partial charge is 0.468 e. The number of hydrogen-bond acceptors (Lipinski definition) is 2. The highest BCUT2D eigenvalue weighted by Crippen LogP contribution is 2.23. The molecule has 16 heavy (non-hydrogen) atoms. The third kappa shape index (κ3) is 2.46. The minimum absolute atomic E-state index is 0.162. The summed E-state index contributed by atoms with van der Waals surface area (Å²) >= 11 is 6.13. The lowest BCUT2D eigenvalue weighted by Crippen LogP contribution is -2.18. The number of furan rings is 1. The summed E-state index contributed by atoms with van der Waals surface area (Å²) in [4.78, 5) is 0. The van der Waals surface area contributed by atoms with Gasteiger partial charge in [0.1, 0.15) is 5.76 Å². The van der Waals surface area contributed by atoms with Gasteiger partial charge < -0.3 is 9.73 Å². The second-order valence-electron chi connectivity index (χ2n) is 3.65. The van der Waals surface area contributed by atoms with E-state index >= 15 is 0 Å². The molecule has 0 aliphatic rings. The Morgan fingerprint density at radius 2 is 2.06 bits per heavy atom. The average Bonchev–Trinajstić information content (AvgIpc) is 2.81. The standard InChI is InChI=1S/C13H14ClNO/c1-15-12(13-7-4-8-16-13)9-10-5-2-3-6-11(10)14/h2-8,12,15H,9H2,1H3/t12-/m0/s1. The molecule has 2 nitrogen and oxygen atoms in total. The summed E-state index contributed by atoms with van der Waals surface area (Å²) in [6, 6.07) is 11.9. The zero-order valence-electron chi connectivity index (χ0n) is 9.11. The fourth-order valence-corrected chi connectivity index (χ4v) is 1.93. The molecule has 1 aromatic carbocycles. The van der Waals surface area contributed by atoms with E-state index in [-0.39, 0.29) is 6.04 Å². The van der Waals surface area contributed by atoms with Gasteiger partial charge in [-0.15, -0.1) is 0 Å². The van der Waals surface area contributed by atoms with Crippen LogP contribution in [0.2, 0.25) is 5.02 Å². The molecule has 0 radical (unpaired) electrons. The Balaban J connectivity index is 2.17. The van der Waals surface area contributed by atoms with Crippen LogP contribution < -0.4 is 5.32 Å². The molecule has 0 amide bonds. The van der Waals surface area contributed by atoms with Crippen molar-refractivity contribution in [3.63, 3.8) is 0 Å². The van der Waals surface area contributed by atoms with Gasteiger partial charge in [-0.1, -0.05) is 29.8 Å². The first-order chi connectivity index (χ1) is 7.81. The first kappa shape index (κ1) is 11.2. The molecule has 2 rings (SSSR count). The van der Waals surface area contributed by atoms with Gasteiger partial charge in [-0.05, 0) is 37.2 Å². The lowest BCUT2D eigenvalue weighted by Gasteiger charge is -2.14. The third-order valence-electron chi connectivity index (χ3n) is 2.62. The first-order valence-corrected chi connectivity index (χ1v) is 5.63. The summed E-state index contributed by atoms with van der Waals surface area (Å²) in [6.07, 6.45) is 2.51. The van der Waals surface area contributed by atoms with Gasteiger partial charge in [0.15, 0.2) is 0 Å². The van der Waals surface area contributed by atoms with Crippen LogP contribution in [0.5, 0.6) is 0 Å². The van der Waals surface area contributed by atoms with Crippen LogP contribution in [0.15, 0.2) is 47.1 Å². The predicted molar refractivity (Wildman–Crippen MR) is 65.7 cm³/mol. The van der Waals surface area contributed by atoms with Crippen LogP contribution in [-0.2, 0) is 6.42 Å². The van der Waals surface area contributed by atoms with Gasteiger partial charge in [-0.3, -0.25) is 0 Å². The van der Waals surface area contributed by atoms with Gasteiger partial charge in [0.05, 0.1) is 12.3 Å². The van der Waals surface area contributed by atoms with Crippen LogP contribution in [0.25, 0.3) is 0 Å². The summed E-state index contributed by atoms with van der Waals surface area (Å²) in [5.41, 5.74) is 1.12. The summed E-state index contributed by atoms with van der Waals surface area (Å²) < 4.78 is 5.39. The van der Waals surface area contributed by atoms with E-state index < -0.39 is 0 Å². The monoisotopic (exact) mass is 235 g/mol. The highest BCUT2D eigenvalue weighted by atomic mass is 35.5. The van der Waals surface area contributed by atoms with Crippen molar-refractivity contribution in [1.82, 2.24) is 5.32 Å². The van der Waals surface area contributed by atoms with E-state index in [2.05, 4.69) is 5.32 Å². The molecule has 0 saturated heterocycles. The van der Waals surface area contributed by atoms with Gasteiger partial charge in [-0.2, -0.15) is 0 Å². The topological polar surface area (TPSA) is 25.2 Å². The molecule has 0 bridgehead atoms. The van der Waals surface area contributed by atoms with Gasteiger partial charge in [0, 0.05) is 5.02 Å². The minimum atomic E-state index is 0.162. The van der Waals surface area contributed by atoms with Crippen molar-refractivity contribution in [3.8, 4) is 0 Å². The molecule has 0 unspecified atom stereocenters. The Morgan fingerprint density at radius 3 is 2.69 bits per heavy atom. The Labute approximate surface area is 100 Å². The van der Waals surface area contributed by atoms with Crippen molar-refractivity contribution in [2.24, 2.45) is 0 Å². The van der Waals surface area contributed by atoms with Gasteiger partial charge >= 0.3 is 0 Å². The zero-order chi connectivity index (χ0) is 11.4. The Hall–Kier alpha value is -1.25. The summed E-state index contributed by atoms with van der Waals surface area (Å²) in [7, 11) is 1.92. The van der Waals surface area contributed by atoms with Crippen LogP contribution in [0, 0.1) is 0 Å². The van der Waals surface area contributed by atoms with E-state index in [1.165, 1.54) is 0 Å². The summed E-state index contributed by atoms with van der Waals surface area (Å²) in [6.45, 7) is 0. The van der Waals surface area contributed by atoms with E-state index in [4.69, 9.17) is 16.0 Å². The number of halogens is 1. The maximum Gasteiger partial charge on any atom is 0.121 e. The smallest absolute Gasteiger partial charge is 0.121 e. The van der Waals surface area contributed by atoms with E-state index in [1.807, 2.05) is 43.4 Å². The molecule has 1 aromatic heterocycles. The number of rotatable bonds is 4. The van der Waals surface area contributed by atoms with Crippen LogP contribution in [0.4, 0.5) is 0 Å². The molecule has 84 valence electrons. The van der Waals surface area contributed by atoms with Crippen LogP contribution >= 0.6 is 11.6 Å². The molecule has 1 N–H and O–H groups in total. The first-order valence-electron chi connectivity index (χ1n) is 5.25. The van der Waals surface area contributed by atoms with Gasteiger partial charge in [0.2, 0.25) is 0 Å². The van der Waals surface area contributed by atoms with Crippen LogP contribution in [0.1, 0.15) is 17.4 Å². The quantitative estimate of drug-likeness (QED) is 0.878. The lowest BCUT2D eigenvalue weighted by molar-refractivity contribution is 0.429. The number of hydrogen-bond donors (Lipinski definition) is 1. The van der Waals surface area contributed by atoms with Crippen molar-refractivity contribution in [2.45, 2.75) is 12.5 Å². The second kappa shape index (κ2) is 5.19.